The van der Waals surface area contributed by atoms with Crippen molar-refractivity contribution in [2.75, 3.05) is 23.8 Å². The van der Waals surface area contributed by atoms with Crippen molar-refractivity contribution >= 4 is 17.5 Å². The average Bonchev–Trinajstić information content (AvgIpc) is 2.98. The summed E-state index contributed by atoms with van der Waals surface area (Å²) in [5, 5.41) is 10.5. The van der Waals surface area contributed by atoms with Crippen LogP contribution in [0.3, 0.4) is 0 Å². The second-order valence-corrected chi connectivity index (χ2v) is 4.84. The van der Waals surface area contributed by atoms with Gasteiger partial charge in [-0.2, -0.15) is 5.10 Å². The minimum Gasteiger partial charge on any atom is -0.492 e. The molecule has 0 unspecified atom stereocenters. The molecule has 0 radical (unpaired) electrons. The smallest absolute Gasteiger partial charge is 0.137 e. The standard InChI is InChI=1S/C16H18N6O/c1-22-16(7-8-20-22)21-15-11-14(18-12-19-15)17-9-10-23-13-5-3-2-4-6-13/h2-8,11-12H,9-10H2,1H3,(H2,17,18,19,21). The highest BCUT2D eigenvalue weighted by Crippen LogP contribution is 2.15. The summed E-state index contributed by atoms with van der Waals surface area (Å²) in [4.78, 5) is 8.39. The van der Waals surface area contributed by atoms with Crippen LogP contribution in [0, 0.1) is 0 Å². The largest absolute Gasteiger partial charge is 0.492 e. The van der Waals surface area contributed by atoms with Crippen molar-refractivity contribution in [1.29, 1.82) is 0 Å². The number of nitrogens with one attached hydrogen (secondary N) is 2. The van der Waals surface area contributed by atoms with Crippen LogP contribution in [0.5, 0.6) is 5.75 Å². The first-order chi connectivity index (χ1) is 11.3. The molecule has 0 saturated carbocycles. The van der Waals surface area contributed by atoms with E-state index in [9.17, 15) is 0 Å². The SMILES string of the molecule is Cn1nccc1Nc1cc(NCCOc2ccccc2)ncn1. The zero-order valence-electron chi connectivity index (χ0n) is 12.8. The van der Waals surface area contributed by atoms with Crippen molar-refractivity contribution in [2.24, 2.45) is 7.05 Å². The van der Waals surface area contributed by atoms with Gasteiger partial charge in [-0.1, -0.05) is 18.2 Å². The molecule has 2 N–H and O–H groups in total. The molecule has 7 heteroatoms. The van der Waals surface area contributed by atoms with Gasteiger partial charge >= 0.3 is 0 Å². The number of nitrogens with zero attached hydrogens (tertiary/aromatic N) is 4. The number of hydrogen-bond acceptors (Lipinski definition) is 6. The van der Waals surface area contributed by atoms with Crippen LogP contribution >= 0.6 is 0 Å². The molecule has 0 saturated heterocycles. The van der Waals surface area contributed by atoms with Crippen molar-refractivity contribution in [3.8, 4) is 5.75 Å². The molecule has 23 heavy (non-hydrogen) atoms. The fourth-order valence-corrected chi connectivity index (χ4v) is 2.01. The van der Waals surface area contributed by atoms with Crippen molar-refractivity contribution in [2.45, 2.75) is 0 Å². The minimum absolute atomic E-state index is 0.554. The third-order valence-corrected chi connectivity index (χ3v) is 3.16. The topological polar surface area (TPSA) is 76.9 Å². The van der Waals surface area contributed by atoms with E-state index in [0.29, 0.717) is 19.0 Å². The summed E-state index contributed by atoms with van der Waals surface area (Å²) in [5.74, 6) is 3.16. The molecule has 118 valence electrons. The molecule has 2 heterocycles. The Balaban J connectivity index is 1.50. The van der Waals surface area contributed by atoms with Crippen LogP contribution in [0.15, 0.2) is 55.0 Å². The zero-order chi connectivity index (χ0) is 15.9. The molecular formula is C16H18N6O. The van der Waals surface area contributed by atoms with E-state index >= 15 is 0 Å². The number of aryl methyl sites for hydroxylation is 1. The summed E-state index contributed by atoms with van der Waals surface area (Å²) in [6.45, 7) is 1.20. The highest BCUT2D eigenvalue weighted by molar-refractivity contribution is 5.55. The first-order valence-corrected chi connectivity index (χ1v) is 7.30. The molecule has 3 rings (SSSR count). The molecule has 0 bridgehead atoms. The lowest BCUT2D eigenvalue weighted by molar-refractivity contribution is 0.333. The van der Waals surface area contributed by atoms with E-state index in [0.717, 1.165) is 17.4 Å². The van der Waals surface area contributed by atoms with Gasteiger partial charge in [0.15, 0.2) is 0 Å². The van der Waals surface area contributed by atoms with Crippen LogP contribution in [0.2, 0.25) is 0 Å². The Labute approximate surface area is 134 Å². The molecule has 0 aliphatic carbocycles. The number of hydrogen-bond donors (Lipinski definition) is 2. The van der Waals surface area contributed by atoms with E-state index in [1.54, 1.807) is 10.9 Å². The highest BCUT2D eigenvalue weighted by Gasteiger charge is 2.02. The van der Waals surface area contributed by atoms with E-state index in [1.165, 1.54) is 6.33 Å². The van der Waals surface area contributed by atoms with E-state index in [2.05, 4.69) is 25.7 Å². The van der Waals surface area contributed by atoms with Gasteiger partial charge in [-0.25, -0.2) is 9.97 Å². The lowest BCUT2D eigenvalue weighted by atomic mass is 10.3. The molecule has 7 nitrogen and oxygen atoms in total. The lowest BCUT2D eigenvalue weighted by Gasteiger charge is -2.09. The summed E-state index contributed by atoms with van der Waals surface area (Å²) in [7, 11) is 1.86. The normalized spacial score (nSPS) is 10.3. The Morgan fingerprint density at radius 1 is 1.09 bits per heavy atom. The number of ether oxygens (including phenoxy) is 1. The molecule has 1 aromatic carbocycles. The molecule has 0 fully saturated rings. The number of rotatable bonds is 7. The van der Waals surface area contributed by atoms with Crippen LogP contribution in [0.4, 0.5) is 17.5 Å². The maximum absolute atomic E-state index is 5.63. The van der Waals surface area contributed by atoms with E-state index in [4.69, 9.17) is 4.74 Å². The minimum atomic E-state index is 0.554. The molecular weight excluding hydrogens is 292 g/mol. The summed E-state index contributed by atoms with van der Waals surface area (Å²) < 4.78 is 7.36. The molecule has 0 atom stereocenters. The summed E-state index contributed by atoms with van der Waals surface area (Å²) in [6.07, 6.45) is 3.24. The molecule has 0 aliphatic heterocycles. The third-order valence-electron chi connectivity index (χ3n) is 3.16. The van der Waals surface area contributed by atoms with Gasteiger partial charge in [0.2, 0.25) is 0 Å². The number of anilines is 3. The highest BCUT2D eigenvalue weighted by atomic mass is 16.5. The van der Waals surface area contributed by atoms with Gasteiger partial charge in [0.1, 0.15) is 36.1 Å². The van der Waals surface area contributed by atoms with Gasteiger partial charge in [0.25, 0.3) is 0 Å². The van der Waals surface area contributed by atoms with Crippen LogP contribution in [-0.4, -0.2) is 32.9 Å². The van der Waals surface area contributed by atoms with Crippen molar-refractivity contribution in [1.82, 2.24) is 19.7 Å². The molecule has 2 aromatic heterocycles. The van der Waals surface area contributed by atoms with Gasteiger partial charge in [-0.05, 0) is 12.1 Å². The average molecular weight is 310 g/mol. The number of benzene rings is 1. The van der Waals surface area contributed by atoms with Crippen LogP contribution < -0.4 is 15.4 Å². The molecule has 0 spiro atoms. The Morgan fingerprint density at radius 2 is 1.91 bits per heavy atom. The maximum atomic E-state index is 5.63. The monoisotopic (exact) mass is 310 g/mol. The summed E-state index contributed by atoms with van der Waals surface area (Å²) in [5.41, 5.74) is 0. The Bertz CT molecular complexity index is 743. The van der Waals surface area contributed by atoms with Crippen LogP contribution in [-0.2, 0) is 7.05 Å². The first kappa shape index (κ1) is 14.8. The second-order valence-electron chi connectivity index (χ2n) is 4.84. The van der Waals surface area contributed by atoms with Crippen LogP contribution in [0.25, 0.3) is 0 Å². The molecule has 3 aromatic rings. The summed E-state index contributed by atoms with van der Waals surface area (Å²) in [6, 6.07) is 13.4. The predicted molar refractivity (Wildman–Crippen MR) is 88.9 cm³/mol. The Morgan fingerprint density at radius 3 is 2.70 bits per heavy atom. The number of aromatic nitrogens is 4. The van der Waals surface area contributed by atoms with Gasteiger partial charge < -0.3 is 15.4 Å². The lowest BCUT2D eigenvalue weighted by Crippen LogP contribution is -2.12. The zero-order valence-corrected chi connectivity index (χ0v) is 12.8. The van der Waals surface area contributed by atoms with E-state index < -0.39 is 0 Å². The summed E-state index contributed by atoms with van der Waals surface area (Å²) >= 11 is 0. The van der Waals surface area contributed by atoms with Crippen molar-refractivity contribution < 1.29 is 4.74 Å². The van der Waals surface area contributed by atoms with Crippen LogP contribution in [0.1, 0.15) is 0 Å². The fraction of sp³-hybridized carbons (Fsp3) is 0.188. The Kier molecular flexibility index (Phi) is 4.68. The maximum Gasteiger partial charge on any atom is 0.137 e. The van der Waals surface area contributed by atoms with Gasteiger partial charge in [-0.15, -0.1) is 0 Å². The van der Waals surface area contributed by atoms with Gasteiger partial charge in [-0.3, -0.25) is 4.68 Å². The molecule has 0 amide bonds. The van der Waals surface area contributed by atoms with Crippen molar-refractivity contribution in [3.05, 3.63) is 55.0 Å². The van der Waals surface area contributed by atoms with E-state index in [1.807, 2.05) is 49.5 Å². The van der Waals surface area contributed by atoms with Gasteiger partial charge in [0, 0.05) is 19.2 Å². The fourth-order valence-electron chi connectivity index (χ4n) is 2.01. The molecule has 0 aliphatic rings. The quantitative estimate of drug-likeness (QED) is 0.653. The second kappa shape index (κ2) is 7.26. The predicted octanol–water partition coefficient (Wildman–Crippen LogP) is 2.44. The Hall–Kier alpha value is -3.09. The third kappa shape index (κ3) is 4.19. The number of para-hydroxylation sites is 1. The first-order valence-electron chi connectivity index (χ1n) is 7.30. The van der Waals surface area contributed by atoms with E-state index in [-0.39, 0.29) is 0 Å². The van der Waals surface area contributed by atoms with Gasteiger partial charge in [0.05, 0.1) is 12.7 Å². The van der Waals surface area contributed by atoms with Crippen molar-refractivity contribution in [3.63, 3.8) is 0 Å².